The number of carbonyl (C=O) groups excluding carboxylic acids is 1. The lowest BCUT2D eigenvalue weighted by molar-refractivity contribution is 0.0945. The van der Waals surface area contributed by atoms with Crippen molar-refractivity contribution in [1.82, 2.24) is 5.32 Å². The third-order valence-corrected chi connectivity index (χ3v) is 4.47. The summed E-state index contributed by atoms with van der Waals surface area (Å²) in [7, 11) is -3.95. The van der Waals surface area contributed by atoms with Crippen LogP contribution >= 0.6 is 11.6 Å². The first-order valence-corrected chi connectivity index (χ1v) is 7.98. The Kier molecular flexibility index (Phi) is 4.64. The minimum absolute atomic E-state index is 0.00626. The number of rotatable bonds is 4. The zero-order chi connectivity index (χ0) is 14.8. The highest BCUT2D eigenvalue weighted by Gasteiger charge is 2.19. The van der Waals surface area contributed by atoms with Crippen LogP contribution in [0, 0.1) is 5.92 Å². The lowest BCUT2D eigenvalue weighted by atomic mass is 10.1. The normalized spacial score (nSPS) is 19.0. The van der Waals surface area contributed by atoms with Gasteiger partial charge in [-0.15, -0.1) is 0 Å². The number of nitrogens with two attached hydrogens (primary N) is 1. The van der Waals surface area contributed by atoms with Crippen LogP contribution in [0.15, 0.2) is 23.1 Å². The predicted octanol–water partition coefficient (Wildman–Crippen LogP) is 0.754. The Labute approximate surface area is 122 Å². The number of hydrogen-bond acceptors (Lipinski definition) is 4. The predicted molar refractivity (Wildman–Crippen MR) is 74.1 cm³/mol. The molecule has 0 spiro atoms. The molecule has 1 atom stereocenters. The average molecular weight is 319 g/mol. The molecule has 0 saturated carbocycles. The molecule has 0 radical (unpaired) electrons. The van der Waals surface area contributed by atoms with Gasteiger partial charge in [0.25, 0.3) is 5.91 Å². The number of benzene rings is 1. The summed E-state index contributed by atoms with van der Waals surface area (Å²) in [4.78, 5) is 11.7. The van der Waals surface area contributed by atoms with Gasteiger partial charge in [0.05, 0.1) is 11.6 Å². The van der Waals surface area contributed by atoms with Gasteiger partial charge in [-0.25, -0.2) is 13.6 Å². The summed E-state index contributed by atoms with van der Waals surface area (Å²) < 4.78 is 27.9. The summed E-state index contributed by atoms with van der Waals surface area (Å²) in [6.07, 6.45) is 0.906. The summed E-state index contributed by atoms with van der Waals surface area (Å²) in [5, 5.41) is 7.77. The number of amides is 1. The fourth-order valence-corrected chi connectivity index (χ4v) is 3.02. The van der Waals surface area contributed by atoms with Gasteiger partial charge < -0.3 is 10.1 Å². The fourth-order valence-electron chi connectivity index (χ4n) is 1.95. The zero-order valence-electron chi connectivity index (χ0n) is 10.6. The van der Waals surface area contributed by atoms with Crippen molar-refractivity contribution in [3.8, 4) is 0 Å². The third kappa shape index (κ3) is 3.69. The molecule has 1 aromatic carbocycles. The summed E-state index contributed by atoms with van der Waals surface area (Å²) >= 11 is 5.76. The summed E-state index contributed by atoms with van der Waals surface area (Å²) in [5.41, 5.74) is 0.206. The molecule has 20 heavy (non-hydrogen) atoms. The van der Waals surface area contributed by atoms with Gasteiger partial charge in [-0.05, 0) is 24.6 Å². The third-order valence-electron chi connectivity index (χ3n) is 3.08. The Balaban J connectivity index is 2.10. The fraction of sp³-hybridized carbons (Fsp3) is 0.417. The molecule has 1 saturated heterocycles. The molecule has 0 bridgehead atoms. The second-order valence-corrected chi connectivity index (χ2v) is 6.57. The minimum Gasteiger partial charge on any atom is -0.381 e. The van der Waals surface area contributed by atoms with Crippen LogP contribution in [0.3, 0.4) is 0 Å². The van der Waals surface area contributed by atoms with E-state index in [0.29, 0.717) is 25.7 Å². The number of halogens is 1. The van der Waals surface area contributed by atoms with Crippen LogP contribution in [0.4, 0.5) is 0 Å². The molecular weight excluding hydrogens is 304 g/mol. The number of primary sulfonamides is 1. The largest absolute Gasteiger partial charge is 0.381 e. The van der Waals surface area contributed by atoms with Crippen LogP contribution in [0.5, 0.6) is 0 Å². The highest BCUT2D eigenvalue weighted by Crippen LogP contribution is 2.21. The average Bonchev–Trinajstić information content (AvgIpc) is 2.88. The van der Waals surface area contributed by atoms with E-state index >= 15 is 0 Å². The molecule has 6 nitrogen and oxygen atoms in total. The number of sulfonamides is 1. The van der Waals surface area contributed by atoms with E-state index < -0.39 is 10.0 Å². The number of nitrogens with one attached hydrogen (secondary N) is 1. The molecule has 1 amide bonds. The van der Waals surface area contributed by atoms with Gasteiger partial charge in [-0.1, -0.05) is 11.6 Å². The van der Waals surface area contributed by atoms with Gasteiger partial charge in [0.1, 0.15) is 4.90 Å². The monoisotopic (exact) mass is 318 g/mol. The Morgan fingerprint density at radius 1 is 1.50 bits per heavy atom. The van der Waals surface area contributed by atoms with E-state index in [1.807, 2.05) is 0 Å². The minimum atomic E-state index is -3.95. The van der Waals surface area contributed by atoms with Crippen molar-refractivity contribution in [2.24, 2.45) is 11.1 Å². The van der Waals surface area contributed by atoms with Crippen LogP contribution in [0.2, 0.25) is 5.02 Å². The van der Waals surface area contributed by atoms with E-state index in [9.17, 15) is 13.2 Å². The maximum absolute atomic E-state index is 12.0. The maximum atomic E-state index is 12.0. The van der Waals surface area contributed by atoms with Gasteiger partial charge in [0.15, 0.2) is 0 Å². The number of carbonyl (C=O) groups is 1. The molecule has 1 unspecified atom stereocenters. The highest BCUT2D eigenvalue weighted by molar-refractivity contribution is 7.89. The van der Waals surface area contributed by atoms with Gasteiger partial charge in [-0.3, -0.25) is 4.79 Å². The van der Waals surface area contributed by atoms with E-state index in [4.69, 9.17) is 21.5 Å². The van der Waals surface area contributed by atoms with Crippen molar-refractivity contribution < 1.29 is 17.9 Å². The van der Waals surface area contributed by atoms with E-state index in [1.165, 1.54) is 18.2 Å². The smallest absolute Gasteiger partial charge is 0.251 e. The van der Waals surface area contributed by atoms with Gasteiger partial charge in [-0.2, -0.15) is 0 Å². The van der Waals surface area contributed by atoms with Gasteiger partial charge in [0.2, 0.25) is 10.0 Å². The van der Waals surface area contributed by atoms with E-state index in [-0.39, 0.29) is 21.4 Å². The molecule has 1 aliphatic rings. The second kappa shape index (κ2) is 6.09. The Hall–Kier alpha value is -1.15. The Bertz CT molecular complexity index is 612. The molecule has 2 rings (SSSR count). The number of hydrogen-bond donors (Lipinski definition) is 2. The van der Waals surface area contributed by atoms with Crippen molar-refractivity contribution >= 4 is 27.5 Å². The SMILES string of the molecule is NS(=O)(=O)c1cc(C(=O)NCC2CCOC2)ccc1Cl. The van der Waals surface area contributed by atoms with Crippen LogP contribution < -0.4 is 10.5 Å². The second-order valence-electron chi connectivity index (χ2n) is 4.63. The van der Waals surface area contributed by atoms with Crippen LogP contribution in [0.25, 0.3) is 0 Å². The molecule has 3 N–H and O–H groups in total. The highest BCUT2D eigenvalue weighted by atomic mass is 35.5. The van der Waals surface area contributed by atoms with Gasteiger partial charge >= 0.3 is 0 Å². The number of ether oxygens (including phenoxy) is 1. The molecule has 1 aliphatic heterocycles. The zero-order valence-corrected chi connectivity index (χ0v) is 12.2. The molecule has 0 aromatic heterocycles. The first-order chi connectivity index (χ1) is 9.38. The summed E-state index contributed by atoms with van der Waals surface area (Å²) in [5.74, 6) is -0.0672. The van der Waals surface area contributed by atoms with Crippen LogP contribution in [-0.4, -0.2) is 34.1 Å². The Morgan fingerprint density at radius 2 is 2.25 bits per heavy atom. The molecule has 110 valence electrons. The summed E-state index contributed by atoms with van der Waals surface area (Å²) in [6.45, 7) is 1.83. The molecular formula is C12H15ClN2O4S. The first kappa shape index (κ1) is 15.2. The quantitative estimate of drug-likeness (QED) is 0.856. The molecule has 8 heteroatoms. The summed E-state index contributed by atoms with van der Waals surface area (Å²) in [6, 6.07) is 3.98. The van der Waals surface area contributed by atoms with Crippen LogP contribution in [-0.2, 0) is 14.8 Å². The van der Waals surface area contributed by atoms with E-state index in [0.717, 1.165) is 6.42 Å². The van der Waals surface area contributed by atoms with Gasteiger partial charge in [0, 0.05) is 24.6 Å². The van der Waals surface area contributed by atoms with Crippen molar-refractivity contribution in [2.45, 2.75) is 11.3 Å². The topological polar surface area (TPSA) is 98.5 Å². The molecule has 0 aliphatic carbocycles. The lowest BCUT2D eigenvalue weighted by Gasteiger charge is -2.10. The molecule has 1 aromatic rings. The lowest BCUT2D eigenvalue weighted by Crippen LogP contribution is -2.29. The molecule has 1 heterocycles. The maximum Gasteiger partial charge on any atom is 0.251 e. The first-order valence-electron chi connectivity index (χ1n) is 6.06. The Morgan fingerprint density at radius 3 is 2.85 bits per heavy atom. The van der Waals surface area contributed by atoms with E-state index in [1.54, 1.807) is 0 Å². The van der Waals surface area contributed by atoms with Crippen molar-refractivity contribution in [3.05, 3.63) is 28.8 Å². The van der Waals surface area contributed by atoms with Crippen LogP contribution in [0.1, 0.15) is 16.8 Å². The van der Waals surface area contributed by atoms with E-state index in [2.05, 4.69) is 5.32 Å². The van der Waals surface area contributed by atoms with Crippen molar-refractivity contribution in [1.29, 1.82) is 0 Å². The van der Waals surface area contributed by atoms with Crippen molar-refractivity contribution in [3.63, 3.8) is 0 Å². The standard InChI is InChI=1S/C12H15ClN2O4S/c13-10-2-1-9(5-11(10)20(14,17)18)12(16)15-6-8-3-4-19-7-8/h1-2,5,8H,3-4,6-7H2,(H,15,16)(H2,14,17,18). The molecule has 1 fully saturated rings. The van der Waals surface area contributed by atoms with Crippen molar-refractivity contribution in [2.75, 3.05) is 19.8 Å².